The highest BCUT2D eigenvalue weighted by Crippen LogP contribution is 2.37. The Morgan fingerprint density at radius 2 is 1.58 bits per heavy atom. The van der Waals surface area contributed by atoms with Crippen LogP contribution >= 0.6 is 12.2 Å². The number of hydrogen-bond donors (Lipinski definition) is 2. The second kappa shape index (κ2) is 7.30. The first-order chi connectivity index (χ1) is 11.9. The lowest BCUT2D eigenvalue weighted by Gasteiger charge is -2.23. The van der Waals surface area contributed by atoms with E-state index >= 15 is 0 Å². The van der Waals surface area contributed by atoms with Crippen molar-refractivity contribution in [3.8, 4) is 0 Å². The minimum absolute atomic E-state index is 0.0435. The molecule has 0 radical (unpaired) electrons. The molecule has 1 aliphatic carbocycles. The summed E-state index contributed by atoms with van der Waals surface area (Å²) in [6.45, 7) is 3.74. The van der Waals surface area contributed by atoms with E-state index in [4.69, 9.17) is 12.2 Å². The highest BCUT2D eigenvalue weighted by Gasteiger charge is 2.37. The second-order valence-corrected chi connectivity index (χ2v) is 6.41. The number of anilines is 1. The standard InChI is InChI=1S/C17H16F6N2S/c1-9-4-3-5-14(9)10(2)24-15(26)25-13-7-11(16(18,19)20)6-12(8-13)17(21,22)23/h3-8,10,14H,1-2H3,(H2,24,25,26)/t10-,14?/m1/s1. The maximum Gasteiger partial charge on any atom is 0.416 e. The molecule has 0 bridgehead atoms. The van der Waals surface area contributed by atoms with Crippen LogP contribution in [-0.2, 0) is 12.4 Å². The van der Waals surface area contributed by atoms with Gasteiger partial charge in [0.15, 0.2) is 5.11 Å². The molecule has 1 aromatic rings. The first kappa shape index (κ1) is 20.3. The molecule has 1 aliphatic rings. The zero-order valence-corrected chi connectivity index (χ0v) is 14.6. The van der Waals surface area contributed by atoms with E-state index in [2.05, 4.69) is 10.6 Å². The molecule has 1 unspecified atom stereocenters. The number of halogens is 6. The molecule has 0 aliphatic heterocycles. The van der Waals surface area contributed by atoms with Gasteiger partial charge >= 0.3 is 12.4 Å². The van der Waals surface area contributed by atoms with E-state index in [0.717, 1.165) is 5.57 Å². The molecule has 26 heavy (non-hydrogen) atoms. The molecule has 2 N–H and O–H groups in total. The van der Waals surface area contributed by atoms with Gasteiger partial charge in [-0.05, 0) is 44.3 Å². The third-order valence-corrected chi connectivity index (χ3v) is 4.17. The summed E-state index contributed by atoms with van der Waals surface area (Å²) in [6.07, 6.45) is -4.09. The fraction of sp³-hybridized carbons (Fsp3) is 0.353. The summed E-state index contributed by atoms with van der Waals surface area (Å²) >= 11 is 5.03. The fourth-order valence-electron chi connectivity index (χ4n) is 2.64. The molecule has 0 saturated heterocycles. The average molecular weight is 394 g/mol. The van der Waals surface area contributed by atoms with Crippen LogP contribution in [0.25, 0.3) is 0 Å². The third-order valence-electron chi connectivity index (χ3n) is 3.95. The highest BCUT2D eigenvalue weighted by molar-refractivity contribution is 7.80. The summed E-state index contributed by atoms with van der Waals surface area (Å²) in [7, 11) is 0. The van der Waals surface area contributed by atoms with Crippen molar-refractivity contribution in [3.63, 3.8) is 0 Å². The Hall–Kier alpha value is -2.03. The summed E-state index contributed by atoms with van der Waals surface area (Å²) < 4.78 is 77.2. The number of thiocarbonyl (C=S) groups is 1. The van der Waals surface area contributed by atoms with Crippen molar-refractivity contribution in [2.24, 2.45) is 5.92 Å². The van der Waals surface area contributed by atoms with Crippen LogP contribution in [-0.4, -0.2) is 11.2 Å². The van der Waals surface area contributed by atoms with E-state index in [-0.39, 0.29) is 28.8 Å². The van der Waals surface area contributed by atoms with Gasteiger partial charge in [0.25, 0.3) is 0 Å². The zero-order valence-electron chi connectivity index (χ0n) is 13.8. The second-order valence-electron chi connectivity index (χ2n) is 6.00. The summed E-state index contributed by atoms with van der Waals surface area (Å²) in [5.74, 6) is 0.0435. The molecule has 0 saturated carbocycles. The SMILES string of the molecule is CC1=CC=CC1[C@@H](C)NC(=S)Nc1cc(C(F)(F)F)cc(C(F)(F)F)c1. The number of allylic oxidation sites excluding steroid dienone is 2. The number of alkyl halides is 6. The molecular weight excluding hydrogens is 378 g/mol. The Balaban J connectivity index is 2.18. The molecule has 2 rings (SSSR count). The van der Waals surface area contributed by atoms with E-state index in [1.165, 1.54) is 0 Å². The Labute approximate surface area is 152 Å². The van der Waals surface area contributed by atoms with Gasteiger partial charge in [-0.3, -0.25) is 0 Å². The number of benzene rings is 1. The van der Waals surface area contributed by atoms with E-state index in [1.807, 2.05) is 32.1 Å². The quantitative estimate of drug-likeness (QED) is 0.521. The monoisotopic (exact) mass is 394 g/mol. The van der Waals surface area contributed by atoms with Crippen molar-refractivity contribution in [2.45, 2.75) is 32.2 Å². The minimum Gasteiger partial charge on any atom is -0.359 e. The highest BCUT2D eigenvalue weighted by atomic mass is 32.1. The fourth-order valence-corrected chi connectivity index (χ4v) is 2.95. The predicted octanol–water partition coefficient (Wildman–Crippen LogP) is 5.53. The summed E-state index contributed by atoms with van der Waals surface area (Å²) in [5, 5.41) is 5.24. The van der Waals surface area contributed by atoms with Crippen LogP contribution < -0.4 is 10.6 Å². The van der Waals surface area contributed by atoms with Crippen molar-refractivity contribution >= 4 is 23.0 Å². The van der Waals surface area contributed by atoms with Crippen LogP contribution in [0.3, 0.4) is 0 Å². The molecule has 142 valence electrons. The minimum atomic E-state index is -4.91. The largest absolute Gasteiger partial charge is 0.416 e. The van der Waals surface area contributed by atoms with Crippen molar-refractivity contribution in [1.82, 2.24) is 5.32 Å². The van der Waals surface area contributed by atoms with Crippen LogP contribution in [0.4, 0.5) is 32.0 Å². The van der Waals surface area contributed by atoms with Crippen molar-refractivity contribution in [2.75, 3.05) is 5.32 Å². The van der Waals surface area contributed by atoms with Gasteiger partial charge in [0, 0.05) is 17.6 Å². The van der Waals surface area contributed by atoms with E-state index in [9.17, 15) is 26.3 Å². The van der Waals surface area contributed by atoms with Gasteiger partial charge in [-0.15, -0.1) is 0 Å². The predicted molar refractivity (Wildman–Crippen MR) is 91.7 cm³/mol. The topological polar surface area (TPSA) is 24.1 Å². The molecule has 2 nitrogen and oxygen atoms in total. The molecule has 1 aromatic carbocycles. The number of hydrogen-bond acceptors (Lipinski definition) is 1. The van der Waals surface area contributed by atoms with Crippen LogP contribution in [0.1, 0.15) is 25.0 Å². The van der Waals surface area contributed by atoms with Gasteiger partial charge in [-0.1, -0.05) is 23.8 Å². The van der Waals surface area contributed by atoms with Crippen LogP contribution in [0.15, 0.2) is 42.0 Å². The lowest BCUT2D eigenvalue weighted by atomic mass is 9.97. The Kier molecular flexibility index (Phi) is 5.70. The molecule has 0 heterocycles. The van der Waals surface area contributed by atoms with Gasteiger partial charge in [0.2, 0.25) is 0 Å². The smallest absolute Gasteiger partial charge is 0.359 e. The zero-order chi connectivity index (χ0) is 19.7. The molecule has 0 aromatic heterocycles. The summed E-state index contributed by atoms with van der Waals surface area (Å²) in [5.41, 5.74) is -2.11. The van der Waals surface area contributed by atoms with Gasteiger partial charge in [0.1, 0.15) is 0 Å². The van der Waals surface area contributed by atoms with Gasteiger partial charge in [-0.2, -0.15) is 26.3 Å². The van der Waals surface area contributed by atoms with E-state index < -0.39 is 23.5 Å². The van der Waals surface area contributed by atoms with Gasteiger partial charge in [0.05, 0.1) is 11.1 Å². The maximum absolute atomic E-state index is 12.9. The Morgan fingerprint density at radius 3 is 2.00 bits per heavy atom. The molecule has 2 atom stereocenters. The van der Waals surface area contributed by atoms with Gasteiger partial charge in [-0.25, -0.2) is 0 Å². The third kappa shape index (κ3) is 5.00. The van der Waals surface area contributed by atoms with Crippen LogP contribution in [0.2, 0.25) is 0 Å². The summed E-state index contributed by atoms with van der Waals surface area (Å²) in [6, 6.07) is 1.07. The first-order valence-corrected chi connectivity index (χ1v) is 8.01. The lowest BCUT2D eigenvalue weighted by Crippen LogP contribution is -2.40. The average Bonchev–Trinajstić information content (AvgIpc) is 2.91. The lowest BCUT2D eigenvalue weighted by molar-refractivity contribution is -0.143. The molecule has 0 spiro atoms. The number of nitrogens with one attached hydrogen (secondary N) is 2. The molecule has 0 fully saturated rings. The molecule has 9 heteroatoms. The Bertz CT molecular complexity index is 716. The number of rotatable bonds is 3. The van der Waals surface area contributed by atoms with Crippen LogP contribution in [0.5, 0.6) is 0 Å². The van der Waals surface area contributed by atoms with Crippen LogP contribution in [0, 0.1) is 5.92 Å². The normalized spacial score (nSPS) is 18.5. The molecule has 0 amide bonds. The van der Waals surface area contributed by atoms with Crippen molar-refractivity contribution in [1.29, 1.82) is 0 Å². The maximum atomic E-state index is 12.9. The first-order valence-electron chi connectivity index (χ1n) is 7.60. The molecular formula is C17H16F6N2S. The van der Waals surface area contributed by atoms with Gasteiger partial charge < -0.3 is 10.6 Å². The van der Waals surface area contributed by atoms with Crippen molar-refractivity contribution < 1.29 is 26.3 Å². The van der Waals surface area contributed by atoms with E-state index in [1.54, 1.807) is 0 Å². The van der Waals surface area contributed by atoms with E-state index in [0.29, 0.717) is 12.1 Å². The van der Waals surface area contributed by atoms with Crippen molar-refractivity contribution in [3.05, 3.63) is 53.1 Å². The summed E-state index contributed by atoms with van der Waals surface area (Å²) in [4.78, 5) is 0. The Morgan fingerprint density at radius 1 is 1.04 bits per heavy atom.